The zero-order valence-electron chi connectivity index (χ0n) is 9.34. The van der Waals surface area contributed by atoms with Crippen molar-refractivity contribution in [1.29, 1.82) is 0 Å². The number of carbonyl (C=O) groups is 1. The molecule has 0 aliphatic rings. The maximum atomic E-state index is 11.8. The van der Waals surface area contributed by atoms with Crippen molar-refractivity contribution in [3.8, 4) is 0 Å². The van der Waals surface area contributed by atoms with Crippen LogP contribution in [0.3, 0.4) is 0 Å². The molecule has 88 valence electrons. The molecule has 1 aromatic heterocycles. The number of pyridine rings is 1. The van der Waals surface area contributed by atoms with Crippen LogP contribution in [-0.4, -0.2) is 22.3 Å². The molecule has 0 aromatic carbocycles. The van der Waals surface area contributed by atoms with Crippen molar-refractivity contribution in [3.63, 3.8) is 0 Å². The second kappa shape index (κ2) is 5.16. The predicted octanol–water partition coefficient (Wildman–Crippen LogP) is 1.51. The van der Waals surface area contributed by atoms with Crippen LogP contribution >= 0.6 is 11.6 Å². The minimum atomic E-state index is -0.453. The van der Waals surface area contributed by atoms with E-state index in [1.807, 2.05) is 13.8 Å². The van der Waals surface area contributed by atoms with Gasteiger partial charge in [0.05, 0.1) is 5.54 Å². The lowest BCUT2D eigenvalue weighted by atomic mass is 10.0. The van der Waals surface area contributed by atoms with Gasteiger partial charge in [-0.2, -0.15) is 0 Å². The summed E-state index contributed by atoms with van der Waals surface area (Å²) in [6.07, 6.45) is 0.722. The molecule has 16 heavy (non-hydrogen) atoms. The van der Waals surface area contributed by atoms with Crippen molar-refractivity contribution in [2.75, 3.05) is 5.88 Å². The Balaban J connectivity index is 2.84. The van der Waals surface area contributed by atoms with Crippen LogP contribution in [-0.2, 0) is 0 Å². The van der Waals surface area contributed by atoms with Crippen molar-refractivity contribution in [3.05, 3.63) is 34.2 Å². The molecule has 0 bridgehead atoms. The van der Waals surface area contributed by atoms with E-state index in [9.17, 15) is 9.59 Å². The van der Waals surface area contributed by atoms with E-state index in [0.29, 0.717) is 5.88 Å². The van der Waals surface area contributed by atoms with Crippen LogP contribution in [0.25, 0.3) is 0 Å². The van der Waals surface area contributed by atoms with Crippen molar-refractivity contribution >= 4 is 17.5 Å². The molecule has 0 aliphatic heterocycles. The molecule has 1 rings (SSSR count). The maximum Gasteiger partial charge on any atom is 0.268 e. The summed E-state index contributed by atoms with van der Waals surface area (Å²) in [5.41, 5.74) is -0.500. The molecule has 1 heterocycles. The Labute approximate surface area is 99.0 Å². The van der Waals surface area contributed by atoms with Crippen LogP contribution in [0.5, 0.6) is 0 Å². The van der Waals surface area contributed by atoms with Crippen LogP contribution < -0.4 is 10.9 Å². The number of aromatic amines is 1. The Morgan fingerprint density at radius 2 is 2.25 bits per heavy atom. The lowest BCUT2D eigenvalue weighted by Crippen LogP contribution is -2.47. The number of carbonyl (C=O) groups excluding carboxylic acids is 1. The lowest BCUT2D eigenvalue weighted by molar-refractivity contribution is 0.0907. The summed E-state index contributed by atoms with van der Waals surface area (Å²) in [5.74, 6) is 0.00876. The van der Waals surface area contributed by atoms with Gasteiger partial charge < -0.3 is 10.3 Å². The van der Waals surface area contributed by atoms with E-state index in [1.165, 1.54) is 12.1 Å². The third kappa shape index (κ3) is 3.10. The normalized spacial score (nSPS) is 14.2. The first-order chi connectivity index (χ1) is 7.50. The second-order valence-corrected chi connectivity index (χ2v) is 4.20. The van der Waals surface area contributed by atoms with Gasteiger partial charge >= 0.3 is 0 Å². The Morgan fingerprint density at radius 3 is 2.75 bits per heavy atom. The zero-order valence-corrected chi connectivity index (χ0v) is 10.1. The van der Waals surface area contributed by atoms with E-state index in [1.54, 1.807) is 6.07 Å². The summed E-state index contributed by atoms with van der Waals surface area (Å²) in [6.45, 7) is 3.80. The highest BCUT2D eigenvalue weighted by molar-refractivity contribution is 6.18. The molecule has 0 fully saturated rings. The fraction of sp³-hybridized carbons (Fsp3) is 0.455. The Hall–Kier alpha value is -1.29. The van der Waals surface area contributed by atoms with E-state index in [0.717, 1.165) is 6.42 Å². The Bertz CT molecular complexity index is 424. The quantitative estimate of drug-likeness (QED) is 0.787. The Kier molecular flexibility index (Phi) is 4.12. The van der Waals surface area contributed by atoms with Crippen LogP contribution in [0.2, 0.25) is 0 Å². The van der Waals surface area contributed by atoms with Gasteiger partial charge in [0.1, 0.15) is 5.69 Å². The molecule has 0 spiro atoms. The van der Waals surface area contributed by atoms with Crippen molar-refractivity contribution in [2.24, 2.45) is 0 Å². The topological polar surface area (TPSA) is 62.0 Å². The highest BCUT2D eigenvalue weighted by Gasteiger charge is 2.23. The molecular weight excluding hydrogens is 228 g/mol. The largest absolute Gasteiger partial charge is 0.344 e. The summed E-state index contributed by atoms with van der Waals surface area (Å²) in [5, 5.41) is 2.80. The average molecular weight is 243 g/mol. The van der Waals surface area contributed by atoms with Gasteiger partial charge in [-0.15, -0.1) is 11.6 Å². The first kappa shape index (κ1) is 12.8. The molecule has 5 heteroatoms. The van der Waals surface area contributed by atoms with E-state index in [-0.39, 0.29) is 17.2 Å². The summed E-state index contributed by atoms with van der Waals surface area (Å²) < 4.78 is 0. The van der Waals surface area contributed by atoms with Crippen LogP contribution in [0, 0.1) is 0 Å². The van der Waals surface area contributed by atoms with Gasteiger partial charge in [0.15, 0.2) is 0 Å². The van der Waals surface area contributed by atoms with Gasteiger partial charge in [0.25, 0.3) is 5.91 Å². The van der Waals surface area contributed by atoms with Gasteiger partial charge in [-0.1, -0.05) is 13.0 Å². The number of hydrogen-bond donors (Lipinski definition) is 2. The molecule has 2 N–H and O–H groups in total. The zero-order chi connectivity index (χ0) is 12.2. The van der Waals surface area contributed by atoms with Crippen LogP contribution in [0.4, 0.5) is 0 Å². The van der Waals surface area contributed by atoms with E-state index in [4.69, 9.17) is 11.6 Å². The van der Waals surface area contributed by atoms with E-state index < -0.39 is 5.54 Å². The molecule has 0 aliphatic carbocycles. The van der Waals surface area contributed by atoms with Crippen LogP contribution in [0.1, 0.15) is 30.8 Å². The highest BCUT2D eigenvalue weighted by atomic mass is 35.5. The minimum absolute atomic E-state index is 0.247. The monoisotopic (exact) mass is 242 g/mol. The Morgan fingerprint density at radius 1 is 1.56 bits per heavy atom. The molecule has 1 unspecified atom stereocenters. The van der Waals surface area contributed by atoms with E-state index in [2.05, 4.69) is 10.3 Å². The van der Waals surface area contributed by atoms with E-state index >= 15 is 0 Å². The molecule has 0 saturated heterocycles. The van der Waals surface area contributed by atoms with Crippen molar-refractivity contribution in [2.45, 2.75) is 25.8 Å². The number of amides is 1. The fourth-order valence-corrected chi connectivity index (χ4v) is 1.39. The smallest absolute Gasteiger partial charge is 0.268 e. The van der Waals surface area contributed by atoms with Gasteiger partial charge in [-0.05, 0) is 19.4 Å². The highest BCUT2D eigenvalue weighted by Crippen LogP contribution is 2.11. The third-order valence-corrected chi connectivity index (χ3v) is 3.09. The molecule has 0 saturated carbocycles. The summed E-state index contributed by atoms with van der Waals surface area (Å²) in [7, 11) is 0. The average Bonchev–Trinajstić information content (AvgIpc) is 2.29. The maximum absolute atomic E-state index is 11.8. The first-order valence-corrected chi connectivity index (χ1v) is 5.62. The number of halogens is 1. The molecule has 1 amide bonds. The summed E-state index contributed by atoms with van der Waals surface area (Å²) >= 11 is 5.79. The number of H-pyrrole nitrogens is 1. The second-order valence-electron chi connectivity index (χ2n) is 3.93. The van der Waals surface area contributed by atoms with Crippen LogP contribution in [0.15, 0.2) is 23.0 Å². The van der Waals surface area contributed by atoms with Gasteiger partial charge in [-0.3, -0.25) is 9.59 Å². The summed E-state index contributed by atoms with van der Waals surface area (Å²) in [6, 6.07) is 4.45. The fourth-order valence-electron chi connectivity index (χ4n) is 1.14. The van der Waals surface area contributed by atoms with Gasteiger partial charge in [0.2, 0.25) is 5.56 Å². The number of hydrogen-bond acceptors (Lipinski definition) is 2. The third-order valence-electron chi connectivity index (χ3n) is 2.50. The molecule has 1 aromatic rings. The van der Waals surface area contributed by atoms with Gasteiger partial charge in [0, 0.05) is 11.9 Å². The van der Waals surface area contributed by atoms with Gasteiger partial charge in [-0.25, -0.2) is 0 Å². The van der Waals surface area contributed by atoms with Crippen molar-refractivity contribution < 1.29 is 4.79 Å². The lowest BCUT2D eigenvalue weighted by Gasteiger charge is -2.26. The van der Waals surface area contributed by atoms with Crippen molar-refractivity contribution in [1.82, 2.24) is 10.3 Å². The molecule has 0 radical (unpaired) electrons. The summed E-state index contributed by atoms with van der Waals surface area (Å²) in [4.78, 5) is 25.3. The first-order valence-electron chi connectivity index (χ1n) is 5.08. The number of rotatable bonds is 4. The molecule has 4 nitrogen and oxygen atoms in total. The molecular formula is C11H15ClN2O2. The minimum Gasteiger partial charge on any atom is -0.344 e. The SMILES string of the molecule is CCC(C)(CCl)NC(=O)c1cccc(=O)[nH]1. The number of aromatic nitrogens is 1. The molecule has 1 atom stereocenters. The number of nitrogens with one attached hydrogen (secondary N) is 2. The predicted molar refractivity (Wildman–Crippen MR) is 63.9 cm³/mol. The standard InChI is InChI=1S/C11H15ClN2O2/c1-3-11(2,7-12)14-10(16)8-5-4-6-9(15)13-8/h4-6H,3,7H2,1-2H3,(H,13,15)(H,14,16). The number of alkyl halides is 1.